The highest BCUT2D eigenvalue weighted by atomic mass is 15.3. The Hall–Kier alpha value is -1.90. The van der Waals surface area contributed by atoms with E-state index in [0.29, 0.717) is 0 Å². The molecule has 0 aliphatic carbocycles. The molecule has 0 atom stereocenters. The van der Waals surface area contributed by atoms with Gasteiger partial charge in [0.2, 0.25) is 0 Å². The summed E-state index contributed by atoms with van der Waals surface area (Å²) in [6.45, 7) is 4.77. The summed E-state index contributed by atoms with van der Waals surface area (Å²) < 4.78 is 0. The number of hydrogen-bond donors (Lipinski definition) is 1. The molecule has 0 bridgehead atoms. The lowest BCUT2D eigenvalue weighted by Crippen LogP contribution is -2.25. The Morgan fingerprint density at radius 2 is 2.24 bits per heavy atom. The van der Waals surface area contributed by atoms with E-state index in [-0.39, 0.29) is 0 Å². The second-order valence-corrected chi connectivity index (χ2v) is 4.00. The minimum atomic E-state index is 0.831. The molecule has 1 aromatic rings. The summed E-state index contributed by atoms with van der Waals surface area (Å²) in [7, 11) is 0. The molecule has 0 amide bonds. The van der Waals surface area contributed by atoms with Gasteiger partial charge in [0.05, 0.1) is 5.71 Å². The molecule has 1 aromatic carbocycles. The monoisotopic (exact) mass is 227 g/mol. The molecule has 0 fully saturated rings. The van der Waals surface area contributed by atoms with Crippen molar-refractivity contribution < 1.29 is 0 Å². The van der Waals surface area contributed by atoms with Gasteiger partial charge in [0, 0.05) is 12.1 Å². The number of allylic oxidation sites excluding steroid dienone is 2. The van der Waals surface area contributed by atoms with E-state index in [1.54, 1.807) is 0 Å². The van der Waals surface area contributed by atoms with Crippen LogP contribution < -0.4 is 5.43 Å². The van der Waals surface area contributed by atoms with Gasteiger partial charge < -0.3 is 0 Å². The summed E-state index contributed by atoms with van der Waals surface area (Å²) in [5.74, 6) is 0.871. The number of aliphatic imine (C=N–C) groups is 1. The van der Waals surface area contributed by atoms with Crippen LogP contribution in [0.5, 0.6) is 0 Å². The first kappa shape index (κ1) is 11.6. The average Bonchev–Trinajstić information content (AvgIpc) is 2.36. The molecule has 88 valence electrons. The molecule has 2 rings (SSSR count). The highest BCUT2D eigenvalue weighted by molar-refractivity contribution is 6.02. The van der Waals surface area contributed by atoms with Crippen LogP contribution in [0.3, 0.4) is 0 Å². The van der Waals surface area contributed by atoms with Crippen LogP contribution in [0.15, 0.2) is 46.5 Å². The first-order valence-corrected chi connectivity index (χ1v) is 5.87. The molecule has 0 spiro atoms. The Bertz CT molecular complexity index is 484. The topological polar surface area (TPSA) is 36.8 Å². The molecule has 0 saturated heterocycles. The summed E-state index contributed by atoms with van der Waals surface area (Å²) in [5, 5.41) is 4.29. The van der Waals surface area contributed by atoms with Crippen molar-refractivity contribution in [3.8, 4) is 0 Å². The van der Waals surface area contributed by atoms with Gasteiger partial charge in [-0.15, -0.1) is 0 Å². The number of nitrogens with zero attached hydrogens (tertiary/aromatic N) is 2. The van der Waals surface area contributed by atoms with E-state index in [1.807, 2.05) is 32.1 Å². The largest absolute Gasteiger partial charge is 0.266 e. The predicted molar refractivity (Wildman–Crippen MR) is 72.6 cm³/mol. The zero-order valence-corrected chi connectivity index (χ0v) is 10.3. The summed E-state index contributed by atoms with van der Waals surface area (Å²) in [4.78, 5) is 4.48. The van der Waals surface area contributed by atoms with Gasteiger partial charge >= 0.3 is 0 Å². The first-order chi connectivity index (χ1) is 8.31. The van der Waals surface area contributed by atoms with E-state index in [2.05, 4.69) is 33.7 Å². The predicted octanol–water partition coefficient (Wildman–Crippen LogP) is 2.53. The fraction of sp³-hybridized carbons (Fsp3) is 0.286. The highest BCUT2D eigenvalue weighted by Gasteiger charge is 2.12. The van der Waals surface area contributed by atoms with E-state index in [4.69, 9.17) is 0 Å². The molecule has 1 aliphatic heterocycles. The minimum Gasteiger partial charge on any atom is -0.266 e. The quantitative estimate of drug-likeness (QED) is 0.611. The van der Waals surface area contributed by atoms with Crippen LogP contribution in [0.2, 0.25) is 0 Å². The van der Waals surface area contributed by atoms with Crippen molar-refractivity contribution in [3.05, 3.63) is 47.5 Å². The number of amidine groups is 1. The number of fused-ring (bicyclic) bond motifs is 1. The Morgan fingerprint density at radius 1 is 1.41 bits per heavy atom. The second-order valence-electron chi connectivity index (χ2n) is 4.00. The summed E-state index contributed by atoms with van der Waals surface area (Å²) >= 11 is 0. The SMILES string of the molecule is C/C=C/C(C)=N\NC1=NCCc2ccccc21. The maximum absolute atomic E-state index is 4.48. The van der Waals surface area contributed by atoms with Gasteiger partial charge in [0.25, 0.3) is 0 Å². The zero-order valence-electron chi connectivity index (χ0n) is 10.3. The normalized spacial score (nSPS) is 15.6. The van der Waals surface area contributed by atoms with Crippen LogP contribution in [0.4, 0.5) is 0 Å². The summed E-state index contributed by atoms with van der Waals surface area (Å²) in [5.41, 5.74) is 6.49. The van der Waals surface area contributed by atoms with Gasteiger partial charge in [0.1, 0.15) is 5.84 Å². The van der Waals surface area contributed by atoms with Crippen molar-refractivity contribution in [2.75, 3.05) is 6.54 Å². The lowest BCUT2D eigenvalue weighted by molar-refractivity contribution is 0.900. The van der Waals surface area contributed by atoms with Crippen LogP contribution in [0, 0.1) is 0 Å². The van der Waals surface area contributed by atoms with Crippen molar-refractivity contribution in [1.82, 2.24) is 5.43 Å². The molecule has 0 saturated carbocycles. The summed E-state index contributed by atoms with van der Waals surface area (Å²) in [6.07, 6.45) is 4.94. The molecule has 1 N–H and O–H groups in total. The smallest absolute Gasteiger partial charge is 0.149 e. The third kappa shape index (κ3) is 2.81. The van der Waals surface area contributed by atoms with E-state index < -0.39 is 0 Å². The molecule has 0 aromatic heterocycles. The fourth-order valence-electron chi connectivity index (χ4n) is 1.86. The van der Waals surface area contributed by atoms with E-state index in [1.165, 1.54) is 5.56 Å². The number of hydrazone groups is 1. The minimum absolute atomic E-state index is 0.831. The van der Waals surface area contributed by atoms with Gasteiger partial charge in [-0.3, -0.25) is 10.4 Å². The molecule has 0 radical (unpaired) electrons. The fourth-order valence-corrected chi connectivity index (χ4v) is 1.86. The van der Waals surface area contributed by atoms with Crippen molar-refractivity contribution in [2.24, 2.45) is 10.1 Å². The van der Waals surface area contributed by atoms with E-state index in [0.717, 1.165) is 30.1 Å². The van der Waals surface area contributed by atoms with Crippen molar-refractivity contribution in [2.45, 2.75) is 20.3 Å². The maximum atomic E-state index is 4.48. The van der Waals surface area contributed by atoms with E-state index >= 15 is 0 Å². The van der Waals surface area contributed by atoms with E-state index in [9.17, 15) is 0 Å². The lowest BCUT2D eigenvalue weighted by Gasteiger charge is -2.15. The number of benzene rings is 1. The Balaban J connectivity index is 2.18. The standard InChI is InChI=1S/C14H17N3/c1-3-6-11(2)16-17-14-13-8-5-4-7-12(13)9-10-15-14/h3-8H,9-10H2,1-2H3,(H,15,17)/b6-3+,16-11-. The number of hydrogen-bond acceptors (Lipinski definition) is 3. The van der Waals surface area contributed by atoms with Gasteiger partial charge in [-0.05, 0) is 31.9 Å². The average molecular weight is 227 g/mol. The third-order valence-electron chi connectivity index (χ3n) is 2.67. The molecular weight excluding hydrogens is 210 g/mol. The zero-order chi connectivity index (χ0) is 12.1. The first-order valence-electron chi connectivity index (χ1n) is 5.87. The molecule has 17 heavy (non-hydrogen) atoms. The number of rotatable bonds is 2. The Kier molecular flexibility index (Phi) is 3.70. The molecular formula is C14H17N3. The lowest BCUT2D eigenvalue weighted by atomic mass is 10.0. The van der Waals surface area contributed by atoms with Crippen LogP contribution in [-0.4, -0.2) is 18.1 Å². The third-order valence-corrected chi connectivity index (χ3v) is 2.67. The second kappa shape index (κ2) is 5.43. The van der Waals surface area contributed by atoms with Gasteiger partial charge in [-0.1, -0.05) is 30.3 Å². The van der Waals surface area contributed by atoms with Crippen LogP contribution in [0.1, 0.15) is 25.0 Å². The molecule has 3 nitrogen and oxygen atoms in total. The highest BCUT2D eigenvalue weighted by Crippen LogP contribution is 2.14. The van der Waals surface area contributed by atoms with Crippen molar-refractivity contribution >= 4 is 11.5 Å². The molecule has 1 heterocycles. The van der Waals surface area contributed by atoms with Gasteiger partial charge in [-0.2, -0.15) is 5.10 Å². The van der Waals surface area contributed by atoms with Gasteiger partial charge in [0.15, 0.2) is 0 Å². The van der Waals surface area contributed by atoms with Gasteiger partial charge in [-0.25, -0.2) is 0 Å². The van der Waals surface area contributed by atoms with Crippen LogP contribution in [0.25, 0.3) is 0 Å². The molecule has 1 aliphatic rings. The van der Waals surface area contributed by atoms with Crippen LogP contribution in [-0.2, 0) is 6.42 Å². The maximum Gasteiger partial charge on any atom is 0.149 e. The molecule has 0 unspecified atom stereocenters. The Morgan fingerprint density at radius 3 is 3.06 bits per heavy atom. The molecule has 3 heteroatoms. The Labute approximate surface area is 102 Å². The van der Waals surface area contributed by atoms with Crippen molar-refractivity contribution in [3.63, 3.8) is 0 Å². The van der Waals surface area contributed by atoms with Crippen molar-refractivity contribution in [1.29, 1.82) is 0 Å². The number of nitrogens with one attached hydrogen (secondary N) is 1. The summed E-state index contributed by atoms with van der Waals surface area (Å²) in [6, 6.07) is 8.33. The van der Waals surface area contributed by atoms with Crippen LogP contribution >= 0.6 is 0 Å².